The summed E-state index contributed by atoms with van der Waals surface area (Å²) in [6, 6.07) is 0. The summed E-state index contributed by atoms with van der Waals surface area (Å²) in [6.45, 7) is 4.53. The molecule has 3 N–H and O–H groups in total. The molecule has 0 radical (unpaired) electrons. The Morgan fingerprint density at radius 2 is 0.552 bits per heavy atom. The van der Waals surface area contributed by atoms with Crippen molar-refractivity contribution in [3.63, 3.8) is 0 Å². The van der Waals surface area contributed by atoms with E-state index in [2.05, 4.69) is 137 Å². The van der Waals surface area contributed by atoms with E-state index in [0.717, 1.165) is 167 Å². The van der Waals surface area contributed by atoms with Gasteiger partial charge in [0.05, 0.1) is 26.4 Å². The molecule has 0 fully saturated rings. The van der Waals surface area contributed by atoms with Crippen molar-refractivity contribution >= 4 is 39.5 Å². The van der Waals surface area contributed by atoms with Gasteiger partial charge in [-0.15, -0.1) is 0 Å². The van der Waals surface area contributed by atoms with Crippen LogP contribution in [0.15, 0.2) is 109 Å². The molecule has 0 aliphatic carbocycles. The van der Waals surface area contributed by atoms with Gasteiger partial charge >= 0.3 is 39.5 Å². The van der Waals surface area contributed by atoms with Gasteiger partial charge in [0, 0.05) is 25.7 Å². The minimum Gasteiger partial charge on any atom is -0.462 e. The summed E-state index contributed by atoms with van der Waals surface area (Å²) in [5.74, 6) is -2.23. The zero-order valence-electron chi connectivity index (χ0n) is 60.0. The highest BCUT2D eigenvalue weighted by Gasteiger charge is 2.30. The van der Waals surface area contributed by atoms with Gasteiger partial charge in [0.15, 0.2) is 12.2 Å². The number of carbonyl (C=O) groups is 4. The van der Waals surface area contributed by atoms with Crippen LogP contribution in [0.3, 0.4) is 0 Å². The van der Waals surface area contributed by atoms with E-state index in [4.69, 9.17) is 37.0 Å². The van der Waals surface area contributed by atoms with Crippen molar-refractivity contribution in [1.82, 2.24) is 0 Å². The van der Waals surface area contributed by atoms with Gasteiger partial charge < -0.3 is 33.8 Å². The number of esters is 4. The van der Waals surface area contributed by atoms with Crippen LogP contribution >= 0.6 is 15.6 Å². The predicted molar refractivity (Wildman–Crippen MR) is 390 cm³/mol. The lowest BCUT2D eigenvalue weighted by Gasteiger charge is -2.21. The van der Waals surface area contributed by atoms with E-state index in [-0.39, 0.29) is 25.7 Å². The molecule has 0 saturated carbocycles. The van der Waals surface area contributed by atoms with Crippen LogP contribution in [0.5, 0.6) is 0 Å². The Balaban J connectivity index is 5.36. The molecule has 0 spiro atoms. The van der Waals surface area contributed by atoms with Crippen molar-refractivity contribution in [3.8, 4) is 0 Å². The maximum atomic E-state index is 13.1. The fourth-order valence-electron chi connectivity index (χ4n) is 9.59. The minimum atomic E-state index is -4.98. The molecule has 0 aliphatic heterocycles. The van der Waals surface area contributed by atoms with Crippen LogP contribution in [0.2, 0.25) is 0 Å². The number of carbonyl (C=O) groups excluding carboxylic acids is 4. The third kappa shape index (κ3) is 68.3. The van der Waals surface area contributed by atoms with Crippen molar-refractivity contribution < 1.29 is 80.2 Å². The van der Waals surface area contributed by atoms with Crippen LogP contribution in [0.1, 0.15) is 297 Å². The molecule has 0 aromatic carbocycles. The molecule has 5 unspecified atom stereocenters. The SMILES string of the molecule is CC/C=C\C/C=C\C/C=C\C/C=C\C/C=C\CCCCCC(=O)OCC(COP(=O)(O)OCC(O)COP(=O)(O)OCC(COC(=O)CCCCCCC/C=C\CCCC)OC(=O)CCCCCCCCCCCCC)OC(=O)CCCCCCC/C=C\C/C=C\C/C=C\CC. The second-order valence-corrected chi connectivity index (χ2v) is 27.4. The quantitative estimate of drug-likeness (QED) is 0.0169. The number of unbranched alkanes of at least 4 members (excludes halogenated alkanes) is 25. The van der Waals surface area contributed by atoms with Gasteiger partial charge in [0.1, 0.15) is 19.3 Å². The minimum absolute atomic E-state index is 0.0663. The van der Waals surface area contributed by atoms with Gasteiger partial charge in [0.25, 0.3) is 0 Å². The fraction of sp³-hybridized carbons (Fsp3) is 0.714. The third-order valence-electron chi connectivity index (χ3n) is 15.2. The summed E-state index contributed by atoms with van der Waals surface area (Å²) in [5.41, 5.74) is 0. The highest BCUT2D eigenvalue weighted by Crippen LogP contribution is 2.45. The number of aliphatic hydroxyl groups excluding tert-OH is 1. The van der Waals surface area contributed by atoms with Crippen LogP contribution in [0.4, 0.5) is 0 Å². The monoisotopic (exact) mass is 1390 g/mol. The predicted octanol–water partition coefficient (Wildman–Crippen LogP) is 21.0. The molecule has 19 heteroatoms. The average Bonchev–Trinajstić information content (AvgIpc) is 1.41. The van der Waals surface area contributed by atoms with Gasteiger partial charge in [-0.05, 0) is 122 Å². The topological polar surface area (TPSA) is 237 Å². The van der Waals surface area contributed by atoms with E-state index in [0.29, 0.717) is 25.7 Å². The van der Waals surface area contributed by atoms with Crippen molar-refractivity contribution in [2.45, 2.75) is 316 Å². The van der Waals surface area contributed by atoms with Crippen molar-refractivity contribution in [2.75, 3.05) is 39.6 Å². The van der Waals surface area contributed by atoms with Gasteiger partial charge in [-0.25, -0.2) is 9.13 Å². The number of hydrogen-bond acceptors (Lipinski definition) is 15. The molecule has 0 amide bonds. The molecule has 0 saturated heterocycles. The highest BCUT2D eigenvalue weighted by atomic mass is 31.2. The lowest BCUT2D eigenvalue weighted by Crippen LogP contribution is -2.30. The molecule has 552 valence electrons. The van der Waals surface area contributed by atoms with Crippen LogP contribution in [0, 0.1) is 0 Å². The molecule has 0 aromatic rings. The number of phosphoric ester groups is 2. The smallest absolute Gasteiger partial charge is 0.462 e. The van der Waals surface area contributed by atoms with E-state index in [1.54, 1.807) is 0 Å². The van der Waals surface area contributed by atoms with E-state index in [9.17, 15) is 43.2 Å². The van der Waals surface area contributed by atoms with E-state index < -0.39 is 97.5 Å². The van der Waals surface area contributed by atoms with Crippen LogP contribution < -0.4 is 0 Å². The molecule has 17 nitrogen and oxygen atoms in total. The Kier molecular flexibility index (Phi) is 66.1. The van der Waals surface area contributed by atoms with Gasteiger partial charge in [-0.1, -0.05) is 259 Å². The van der Waals surface area contributed by atoms with Crippen molar-refractivity contribution in [1.29, 1.82) is 0 Å². The Hall–Kier alpha value is -4.28. The number of phosphoric acid groups is 2. The summed E-state index contributed by atoms with van der Waals surface area (Å²) in [4.78, 5) is 72.7. The first-order chi connectivity index (χ1) is 46.7. The largest absolute Gasteiger partial charge is 0.472 e. The van der Waals surface area contributed by atoms with E-state index in [1.165, 1.54) is 51.4 Å². The number of rotatable bonds is 69. The summed E-state index contributed by atoms with van der Waals surface area (Å²) < 4.78 is 68.3. The Labute approximate surface area is 581 Å². The maximum absolute atomic E-state index is 13.1. The Morgan fingerprint density at radius 3 is 0.885 bits per heavy atom. The fourth-order valence-corrected chi connectivity index (χ4v) is 11.2. The second-order valence-electron chi connectivity index (χ2n) is 24.5. The number of ether oxygens (including phenoxy) is 4. The molecular weight excluding hydrogens is 1260 g/mol. The summed E-state index contributed by atoms with van der Waals surface area (Å²) in [5, 5.41) is 10.6. The summed E-state index contributed by atoms with van der Waals surface area (Å²) in [6.07, 6.45) is 72.4. The standard InChI is InChI=1S/C77H132O17P2/c1-5-9-13-17-21-25-29-31-33-34-35-36-38-39-43-46-50-54-58-62-75(80)88-68-73(94-77(82)64-60-56-52-48-44-40-37-32-30-26-22-18-14-10-6-2)70-92-96(85,86)90-66-71(78)65-89-95(83,84)91-69-72(93-76(81)63-59-55-51-47-42-28-24-20-16-12-8-4)67-87-74(79)61-57-53-49-45-41-27-23-19-15-11-7-3/h9-10,13-14,19,21-23,25-26,31-33,35-37,39,43,71-73,78H,5-8,11-12,15-18,20,24,27-30,34,38,40-42,44-70H2,1-4H3,(H,83,84)(H,85,86)/b13-9-,14-10-,23-19-,25-21-,26-22-,33-31-,36-35-,37-32-,43-39-. The van der Waals surface area contributed by atoms with Crippen molar-refractivity contribution in [2.24, 2.45) is 0 Å². The van der Waals surface area contributed by atoms with Crippen molar-refractivity contribution in [3.05, 3.63) is 109 Å². The van der Waals surface area contributed by atoms with Crippen LogP contribution in [-0.4, -0.2) is 96.7 Å². The molecule has 0 aliphatic rings. The molecule has 5 atom stereocenters. The van der Waals surface area contributed by atoms with E-state index >= 15 is 0 Å². The maximum Gasteiger partial charge on any atom is 0.472 e. The number of allylic oxidation sites excluding steroid dienone is 18. The molecule has 96 heavy (non-hydrogen) atoms. The summed E-state index contributed by atoms with van der Waals surface area (Å²) >= 11 is 0. The lowest BCUT2D eigenvalue weighted by atomic mass is 10.1. The van der Waals surface area contributed by atoms with Crippen LogP contribution in [0.25, 0.3) is 0 Å². The zero-order chi connectivity index (χ0) is 70.4. The number of hydrogen-bond donors (Lipinski definition) is 3. The molecule has 0 rings (SSSR count). The van der Waals surface area contributed by atoms with Crippen LogP contribution in [-0.2, 0) is 65.4 Å². The normalized spacial score (nSPS) is 14.6. The molecule has 0 aromatic heterocycles. The first-order valence-corrected chi connectivity index (χ1v) is 40.1. The average molecular weight is 1390 g/mol. The van der Waals surface area contributed by atoms with E-state index in [1.807, 2.05) is 0 Å². The van der Waals surface area contributed by atoms with Gasteiger partial charge in [-0.3, -0.25) is 37.3 Å². The molecule has 0 heterocycles. The number of aliphatic hydroxyl groups is 1. The van der Waals surface area contributed by atoms with Gasteiger partial charge in [-0.2, -0.15) is 0 Å². The molecular formula is C77H132O17P2. The Morgan fingerprint density at radius 1 is 0.302 bits per heavy atom. The lowest BCUT2D eigenvalue weighted by molar-refractivity contribution is -0.161. The first-order valence-electron chi connectivity index (χ1n) is 37.1. The van der Waals surface area contributed by atoms with Gasteiger partial charge in [0.2, 0.25) is 0 Å². The highest BCUT2D eigenvalue weighted by molar-refractivity contribution is 7.47. The zero-order valence-corrected chi connectivity index (χ0v) is 61.8. The molecule has 0 bridgehead atoms. The summed E-state index contributed by atoms with van der Waals surface area (Å²) in [7, 11) is -9.95. The second kappa shape index (κ2) is 69.2. The Bertz CT molecular complexity index is 2250. The third-order valence-corrected chi connectivity index (χ3v) is 17.1. The first kappa shape index (κ1) is 91.7.